The highest BCUT2D eigenvalue weighted by molar-refractivity contribution is 7.25. The Morgan fingerprint density at radius 3 is 1.96 bits per heavy atom. The van der Waals surface area contributed by atoms with E-state index in [9.17, 15) is 0 Å². The molecule has 3 heteroatoms. The summed E-state index contributed by atoms with van der Waals surface area (Å²) in [6, 6.07) is 46.2. The lowest BCUT2D eigenvalue weighted by Gasteiger charge is -2.07. The molecular formula is C42H28N2S. The Labute approximate surface area is 264 Å². The highest BCUT2D eigenvalue weighted by atomic mass is 32.1. The second-order valence-corrected chi connectivity index (χ2v) is 12.6. The van der Waals surface area contributed by atoms with Gasteiger partial charge in [0.25, 0.3) is 0 Å². The molecule has 0 amide bonds. The van der Waals surface area contributed by atoms with Crippen molar-refractivity contribution in [1.82, 2.24) is 4.40 Å². The van der Waals surface area contributed by atoms with Crippen LogP contribution in [0.1, 0.15) is 5.56 Å². The van der Waals surface area contributed by atoms with Crippen molar-refractivity contribution in [2.24, 2.45) is 0 Å². The molecule has 0 saturated carbocycles. The average Bonchev–Trinajstić information content (AvgIpc) is 3.74. The van der Waals surface area contributed by atoms with E-state index < -0.39 is 0 Å². The van der Waals surface area contributed by atoms with E-state index in [2.05, 4.69) is 144 Å². The topological polar surface area (TPSA) is 16.4 Å². The fourth-order valence-electron chi connectivity index (χ4n) is 6.80. The van der Waals surface area contributed by atoms with Crippen molar-refractivity contribution in [1.29, 1.82) is 0 Å². The first-order chi connectivity index (χ1) is 22.2. The smallest absolute Gasteiger partial charge is 0.0620 e. The lowest BCUT2D eigenvalue weighted by atomic mass is 9.98. The third kappa shape index (κ3) is 4.16. The van der Waals surface area contributed by atoms with Gasteiger partial charge in [-0.25, -0.2) is 0 Å². The molecule has 0 fully saturated rings. The second kappa shape index (κ2) is 10.2. The molecule has 0 saturated heterocycles. The summed E-state index contributed by atoms with van der Waals surface area (Å²) in [5, 5.41) is 11.3. The van der Waals surface area contributed by atoms with E-state index in [-0.39, 0.29) is 0 Å². The molecule has 0 aliphatic rings. The molecular weight excluding hydrogens is 565 g/mol. The molecule has 0 unspecified atom stereocenters. The van der Waals surface area contributed by atoms with Crippen molar-refractivity contribution in [3.63, 3.8) is 0 Å². The highest BCUT2D eigenvalue weighted by Crippen LogP contribution is 2.43. The third-order valence-electron chi connectivity index (χ3n) is 8.88. The molecule has 45 heavy (non-hydrogen) atoms. The molecule has 9 aromatic rings. The Hall–Kier alpha value is -5.64. The lowest BCUT2D eigenvalue weighted by molar-refractivity contribution is 1.37. The molecule has 6 aromatic carbocycles. The molecule has 212 valence electrons. The van der Waals surface area contributed by atoms with E-state index in [4.69, 9.17) is 0 Å². The first-order valence-electron chi connectivity index (χ1n) is 15.2. The van der Waals surface area contributed by atoms with Crippen molar-refractivity contribution in [2.75, 3.05) is 5.32 Å². The van der Waals surface area contributed by atoms with Crippen molar-refractivity contribution in [2.45, 2.75) is 0 Å². The van der Waals surface area contributed by atoms with E-state index in [1.807, 2.05) is 35.6 Å². The maximum Gasteiger partial charge on any atom is 0.0620 e. The van der Waals surface area contributed by atoms with Gasteiger partial charge in [-0.15, -0.1) is 11.3 Å². The zero-order valence-electron chi connectivity index (χ0n) is 24.5. The Kier molecular flexibility index (Phi) is 5.87. The Bertz CT molecular complexity index is 2550. The van der Waals surface area contributed by atoms with Crippen molar-refractivity contribution >= 4 is 81.4 Å². The maximum absolute atomic E-state index is 4.02. The monoisotopic (exact) mass is 592 g/mol. The molecule has 0 bridgehead atoms. The standard InChI is InChI=1S/C42H28N2S/c1-2-30(14-10-13-27-11-4-3-5-12-27)43-31-20-22-35-34-21-19-28(25-40(34)45-41(35)26-31)29-23-36-32-15-6-8-17-38(32)44-39-18-9-7-16-33(39)37(24-29)42(36)44/h2-26,43H,1H2/b13-10+,30-14+. The predicted octanol–water partition coefficient (Wildman–Crippen LogP) is 12.1. The molecule has 9 rings (SSSR count). The van der Waals surface area contributed by atoms with Crippen LogP contribution in [0.5, 0.6) is 0 Å². The van der Waals surface area contributed by atoms with Crippen LogP contribution in [0.4, 0.5) is 5.69 Å². The van der Waals surface area contributed by atoms with Gasteiger partial charge in [-0.3, -0.25) is 0 Å². The first kappa shape index (κ1) is 25.8. The normalized spacial score (nSPS) is 12.6. The fourth-order valence-corrected chi connectivity index (χ4v) is 7.99. The van der Waals surface area contributed by atoms with Gasteiger partial charge < -0.3 is 9.72 Å². The van der Waals surface area contributed by atoms with Crippen LogP contribution in [0.3, 0.4) is 0 Å². The molecule has 0 aliphatic heterocycles. The van der Waals surface area contributed by atoms with Crippen LogP contribution in [-0.2, 0) is 0 Å². The summed E-state index contributed by atoms with van der Waals surface area (Å²) in [6.07, 6.45) is 8.06. The van der Waals surface area contributed by atoms with Crippen LogP contribution in [0, 0.1) is 0 Å². The van der Waals surface area contributed by atoms with Crippen molar-refractivity contribution in [3.05, 3.63) is 163 Å². The summed E-state index contributed by atoms with van der Waals surface area (Å²) >= 11 is 1.85. The quantitative estimate of drug-likeness (QED) is 0.190. The summed E-state index contributed by atoms with van der Waals surface area (Å²) in [4.78, 5) is 0. The summed E-state index contributed by atoms with van der Waals surface area (Å²) in [7, 11) is 0. The highest BCUT2D eigenvalue weighted by Gasteiger charge is 2.18. The summed E-state index contributed by atoms with van der Waals surface area (Å²) in [5.74, 6) is 0. The van der Waals surface area contributed by atoms with Gasteiger partial charge >= 0.3 is 0 Å². The number of hydrogen-bond donors (Lipinski definition) is 1. The molecule has 3 aromatic heterocycles. The second-order valence-electron chi connectivity index (χ2n) is 11.5. The minimum absolute atomic E-state index is 0.955. The van der Waals surface area contributed by atoms with E-state index in [0.29, 0.717) is 0 Å². The van der Waals surface area contributed by atoms with Crippen LogP contribution >= 0.6 is 11.3 Å². The largest absolute Gasteiger partial charge is 0.356 e. The van der Waals surface area contributed by atoms with Crippen LogP contribution in [0.25, 0.3) is 75.5 Å². The van der Waals surface area contributed by atoms with Crippen LogP contribution in [0.2, 0.25) is 0 Å². The number of rotatable bonds is 6. The predicted molar refractivity (Wildman–Crippen MR) is 197 cm³/mol. The lowest BCUT2D eigenvalue weighted by Crippen LogP contribution is -1.95. The number of allylic oxidation sites excluding steroid dienone is 3. The van der Waals surface area contributed by atoms with Gasteiger partial charge in [-0.1, -0.05) is 104 Å². The summed E-state index contributed by atoms with van der Waals surface area (Å²) in [5.41, 5.74) is 9.52. The van der Waals surface area contributed by atoms with Gasteiger partial charge in [0.2, 0.25) is 0 Å². The molecule has 0 atom stereocenters. The Morgan fingerprint density at radius 2 is 1.24 bits per heavy atom. The average molecular weight is 593 g/mol. The van der Waals surface area contributed by atoms with E-state index in [1.54, 1.807) is 0 Å². The van der Waals surface area contributed by atoms with Gasteiger partial charge in [0, 0.05) is 53.1 Å². The molecule has 0 aliphatic carbocycles. The van der Waals surface area contributed by atoms with Crippen molar-refractivity contribution < 1.29 is 0 Å². The van der Waals surface area contributed by atoms with Gasteiger partial charge in [-0.2, -0.15) is 0 Å². The van der Waals surface area contributed by atoms with Gasteiger partial charge in [-0.05, 0) is 71.3 Å². The number of thiophene rings is 1. The first-order valence-corrected chi connectivity index (χ1v) is 16.0. The number of aromatic nitrogens is 1. The molecule has 2 nitrogen and oxygen atoms in total. The van der Waals surface area contributed by atoms with Crippen LogP contribution < -0.4 is 5.32 Å². The van der Waals surface area contributed by atoms with E-state index in [1.165, 1.54) is 75.0 Å². The van der Waals surface area contributed by atoms with E-state index >= 15 is 0 Å². The Morgan fingerprint density at radius 1 is 0.600 bits per heavy atom. The number of para-hydroxylation sites is 2. The SMILES string of the molecule is C=C/C(=C\C=C\c1ccccc1)Nc1ccc2c(c1)sc1cc(-c3cc4c5ccccc5n5c6ccccc6c(c3)c45)ccc12. The van der Waals surface area contributed by atoms with Gasteiger partial charge in [0.05, 0.1) is 16.6 Å². The molecule has 0 radical (unpaired) electrons. The minimum Gasteiger partial charge on any atom is -0.356 e. The van der Waals surface area contributed by atoms with Crippen LogP contribution in [-0.4, -0.2) is 4.40 Å². The number of nitrogens with one attached hydrogen (secondary N) is 1. The summed E-state index contributed by atoms with van der Waals surface area (Å²) in [6.45, 7) is 4.02. The van der Waals surface area contributed by atoms with E-state index in [0.717, 1.165) is 11.4 Å². The van der Waals surface area contributed by atoms with Crippen molar-refractivity contribution in [3.8, 4) is 11.1 Å². The minimum atomic E-state index is 0.955. The summed E-state index contributed by atoms with van der Waals surface area (Å²) < 4.78 is 5.00. The molecule has 1 N–H and O–H groups in total. The maximum atomic E-state index is 4.02. The zero-order chi connectivity index (χ0) is 29.9. The Balaban J connectivity index is 1.11. The number of benzene rings is 6. The number of fused-ring (bicyclic) bond motifs is 9. The number of anilines is 1. The third-order valence-corrected chi connectivity index (χ3v) is 10.00. The number of hydrogen-bond acceptors (Lipinski definition) is 2. The number of nitrogens with zero attached hydrogens (tertiary/aromatic N) is 1. The fraction of sp³-hybridized carbons (Fsp3) is 0. The molecule has 0 spiro atoms. The molecule has 3 heterocycles. The van der Waals surface area contributed by atoms with Crippen LogP contribution in [0.15, 0.2) is 158 Å². The van der Waals surface area contributed by atoms with Gasteiger partial charge in [0.1, 0.15) is 0 Å². The zero-order valence-corrected chi connectivity index (χ0v) is 25.3. The van der Waals surface area contributed by atoms with Gasteiger partial charge in [0.15, 0.2) is 0 Å².